The summed E-state index contributed by atoms with van der Waals surface area (Å²) in [5, 5.41) is 3.68. The van der Waals surface area contributed by atoms with Crippen LogP contribution in [-0.2, 0) is 16.6 Å². The fourth-order valence-electron chi connectivity index (χ4n) is 5.00. The number of esters is 1. The van der Waals surface area contributed by atoms with Crippen LogP contribution in [0.3, 0.4) is 0 Å². The second-order valence-electron chi connectivity index (χ2n) is 9.29. The van der Waals surface area contributed by atoms with Crippen LogP contribution in [0.1, 0.15) is 29.9 Å². The number of piperazine rings is 1. The van der Waals surface area contributed by atoms with Gasteiger partial charge >= 0.3 is 5.97 Å². The lowest BCUT2D eigenvalue weighted by Crippen LogP contribution is -2.53. The Labute approximate surface area is 217 Å². The van der Waals surface area contributed by atoms with Crippen LogP contribution in [0.2, 0.25) is 0 Å². The molecule has 1 fully saturated rings. The summed E-state index contributed by atoms with van der Waals surface area (Å²) in [6, 6.07) is 11.9. The number of hydrogen-bond donors (Lipinski definition) is 1. The molecule has 0 bridgehead atoms. The third kappa shape index (κ3) is 5.22. The minimum absolute atomic E-state index is 0.160. The summed E-state index contributed by atoms with van der Waals surface area (Å²) < 4.78 is 18.1. The molecule has 0 saturated carbocycles. The standard InChI is InChI=1S/C28H36N4O5/c1-7-37-28(34)25-19(3)30(4)22-12-13-23(36-6)27(26(22)25)29-24(33)17-31-14-15-32(16-18(31)2)20-8-10-21(35-5)11-9-20/h8-13,18H,7,14-17H2,1-6H3,(H,29,33)/t18-/m0/s1. The molecule has 1 amide bonds. The molecule has 9 heteroatoms. The predicted octanol–water partition coefficient (Wildman–Crippen LogP) is 3.83. The fraction of sp³-hybridized carbons (Fsp3) is 0.429. The molecule has 3 aromatic rings. The molecule has 1 aliphatic rings. The van der Waals surface area contributed by atoms with Crippen molar-refractivity contribution in [3.05, 3.63) is 47.7 Å². The van der Waals surface area contributed by atoms with E-state index in [9.17, 15) is 9.59 Å². The van der Waals surface area contributed by atoms with Crippen molar-refractivity contribution in [2.45, 2.75) is 26.8 Å². The SMILES string of the molecule is CCOC(=O)c1c(C)n(C)c2ccc(OC)c(NC(=O)CN3CCN(c4ccc(OC)cc4)C[C@@H]3C)c12. The molecule has 1 aliphatic heterocycles. The Morgan fingerprint density at radius 1 is 1.05 bits per heavy atom. The zero-order valence-corrected chi connectivity index (χ0v) is 22.5. The first-order valence-corrected chi connectivity index (χ1v) is 12.5. The zero-order chi connectivity index (χ0) is 26.7. The highest BCUT2D eigenvalue weighted by molar-refractivity contribution is 6.14. The largest absolute Gasteiger partial charge is 0.497 e. The second kappa shape index (κ2) is 11.1. The van der Waals surface area contributed by atoms with Gasteiger partial charge in [0.05, 0.1) is 44.1 Å². The van der Waals surface area contributed by atoms with Crippen LogP contribution in [0.25, 0.3) is 10.9 Å². The number of carbonyl (C=O) groups excluding carboxylic acids is 2. The lowest BCUT2D eigenvalue weighted by molar-refractivity contribution is -0.117. The number of nitrogens with zero attached hydrogens (tertiary/aromatic N) is 3. The van der Waals surface area contributed by atoms with Gasteiger partial charge in [-0.2, -0.15) is 0 Å². The molecule has 198 valence electrons. The number of aromatic nitrogens is 1. The average molecular weight is 509 g/mol. The Morgan fingerprint density at radius 2 is 1.78 bits per heavy atom. The van der Waals surface area contributed by atoms with Gasteiger partial charge in [0.15, 0.2) is 0 Å². The van der Waals surface area contributed by atoms with Crippen molar-refractivity contribution in [1.82, 2.24) is 9.47 Å². The van der Waals surface area contributed by atoms with Crippen LogP contribution in [-0.4, -0.2) is 74.4 Å². The van der Waals surface area contributed by atoms with Crippen molar-refractivity contribution in [1.29, 1.82) is 0 Å². The van der Waals surface area contributed by atoms with Gasteiger partial charge in [-0.25, -0.2) is 4.79 Å². The highest BCUT2D eigenvalue weighted by Crippen LogP contribution is 2.38. The van der Waals surface area contributed by atoms with Gasteiger partial charge in [-0.3, -0.25) is 9.69 Å². The molecule has 2 heterocycles. The lowest BCUT2D eigenvalue weighted by Gasteiger charge is -2.40. The summed E-state index contributed by atoms with van der Waals surface area (Å²) in [5.41, 5.74) is 3.65. The highest BCUT2D eigenvalue weighted by atomic mass is 16.5. The van der Waals surface area contributed by atoms with Crippen molar-refractivity contribution in [3.63, 3.8) is 0 Å². The Bertz CT molecular complexity index is 1280. The summed E-state index contributed by atoms with van der Waals surface area (Å²) in [4.78, 5) is 30.7. The van der Waals surface area contributed by atoms with Crippen LogP contribution >= 0.6 is 0 Å². The van der Waals surface area contributed by atoms with Crippen LogP contribution in [0.15, 0.2) is 36.4 Å². The minimum atomic E-state index is -0.419. The predicted molar refractivity (Wildman–Crippen MR) is 145 cm³/mol. The van der Waals surface area contributed by atoms with Crippen molar-refractivity contribution in [3.8, 4) is 11.5 Å². The smallest absolute Gasteiger partial charge is 0.340 e. The molecule has 9 nitrogen and oxygen atoms in total. The van der Waals surface area contributed by atoms with Crippen LogP contribution in [0.4, 0.5) is 11.4 Å². The summed E-state index contributed by atoms with van der Waals surface area (Å²) in [6.45, 7) is 8.64. The number of nitrogens with one attached hydrogen (secondary N) is 1. The summed E-state index contributed by atoms with van der Waals surface area (Å²) >= 11 is 0. The molecule has 0 aliphatic carbocycles. The van der Waals surface area contributed by atoms with Gasteiger partial charge in [0, 0.05) is 49.5 Å². The molecule has 1 aromatic heterocycles. The van der Waals surface area contributed by atoms with Gasteiger partial charge in [0.25, 0.3) is 0 Å². The molecular weight excluding hydrogens is 472 g/mol. The molecule has 4 rings (SSSR count). The third-order valence-electron chi connectivity index (χ3n) is 7.13. The third-order valence-corrected chi connectivity index (χ3v) is 7.13. The first-order valence-electron chi connectivity index (χ1n) is 12.5. The maximum atomic E-state index is 13.3. The van der Waals surface area contributed by atoms with E-state index in [1.165, 1.54) is 0 Å². The number of amides is 1. The number of aryl methyl sites for hydroxylation is 1. The van der Waals surface area contributed by atoms with Crippen molar-refractivity contribution < 1.29 is 23.8 Å². The van der Waals surface area contributed by atoms with E-state index in [2.05, 4.69) is 34.2 Å². The molecule has 0 unspecified atom stereocenters. The van der Waals surface area contributed by atoms with Gasteiger partial charge in [0.2, 0.25) is 5.91 Å². The van der Waals surface area contributed by atoms with Crippen LogP contribution in [0.5, 0.6) is 11.5 Å². The molecule has 0 spiro atoms. The van der Waals surface area contributed by atoms with E-state index < -0.39 is 5.97 Å². The first-order chi connectivity index (χ1) is 17.8. The first kappa shape index (κ1) is 26.3. The van der Waals surface area contributed by atoms with E-state index in [0.29, 0.717) is 22.4 Å². The van der Waals surface area contributed by atoms with Crippen molar-refractivity contribution >= 4 is 34.2 Å². The van der Waals surface area contributed by atoms with Crippen LogP contribution in [0, 0.1) is 6.92 Å². The summed E-state index contributed by atoms with van der Waals surface area (Å²) in [6.07, 6.45) is 0. The Morgan fingerprint density at radius 3 is 2.41 bits per heavy atom. The van der Waals surface area contributed by atoms with Gasteiger partial charge in [0.1, 0.15) is 11.5 Å². The Balaban J connectivity index is 1.53. The van der Waals surface area contributed by atoms with Gasteiger partial charge < -0.3 is 29.0 Å². The van der Waals surface area contributed by atoms with E-state index in [1.807, 2.05) is 42.8 Å². The van der Waals surface area contributed by atoms with Crippen molar-refractivity contribution in [2.24, 2.45) is 7.05 Å². The molecule has 1 N–H and O–H groups in total. The number of hydrogen-bond acceptors (Lipinski definition) is 7. The molecule has 1 saturated heterocycles. The maximum absolute atomic E-state index is 13.3. The van der Waals surface area contributed by atoms with Gasteiger partial charge in [-0.1, -0.05) is 0 Å². The van der Waals surface area contributed by atoms with Gasteiger partial charge in [-0.05, 0) is 57.2 Å². The average Bonchev–Trinajstić information content (AvgIpc) is 3.15. The number of rotatable bonds is 8. The molecule has 1 atom stereocenters. The minimum Gasteiger partial charge on any atom is -0.497 e. The van der Waals surface area contributed by atoms with E-state index in [4.69, 9.17) is 14.2 Å². The topological polar surface area (TPSA) is 85.3 Å². The number of anilines is 2. The molecule has 0 radical (unpaired) electrons. The Kier molecular flexibility index (Phi) is 7.92. The number of fused-ring (bicyclic) bond motifs is 1. The monoisotopic (exact) mass is 508 g/mol. The second-order valence-corrected chi connectivity index (χ2v) is 9.29. The van der Waals surface area contributed by atoms with E-state index in [-0.39, 0.29) is 25.1 Å². The maximum Gasteiger partial charge on any atom is 0.340 e. The van der Waals surface area contributed by atoms with Gasteiger partial charge in [-0.15, -0.1) is 0 Å². The van der Waals surface area contributed by atoms with E-state index in [0.717, 1.165) is 42.3 Å². The summed E-state index contributed by atoms with van der Waals surface area (Å²) in [5.74, 6) is 0.746. The summed E-state index contributed by atoms with van der Waals surface area (Å²) in [7, 11) is 5.10. The quantitative estimate of drug-likeness (QED) is 0.463. The number of carbonyl (C=O) groups is 2. The molecule has 37 heavy (non-hydrogen) atoms. The highest BCUT2D eigenvalue weighted by Gasteiger charge is 2.28. The Hall–Kier alpha value is -3.72. The zero-order valence-electron chi connectivity index (χ0n) is 22.5. The normalized spacial score (nSPS) is 16.1. The van der Waals surface area contributed by atoms with Crippen LogP contribution < -0.4 is 19.7 Å². The van der Waals surface area contributed by atoms with Crippen molar-refractivity contribution in [2.75, 3.05) is 57.2 Å². The lowest BCUT2D eigenvalue weighted by atomic mass is 10.1. The number of ether oxygens (including phenoxy) is 3. The molecule has 2 aromatic carbocycles. The van der Waals surface area contributed by atoms with E-state index >= 15 is 0 Å². The van der Waals surface area contributed by atoms with E-state index in [1.54, 1.807) is 21.1 Å². The fourth-order valence-corrected chi connectivity index (χ4v) is 5.00. The molecular formula is C28H36N4O5. The number of benzene rings is 2. The number of methoxy groups -OCH3 is 2.